The summed E-state index contributed by atoms with van der Waals surface area (Å²) in [5.41, 5.74) is 2.87. The Morgan fingerprint density at radius 2 is 1.83 bits per heavy atom. The number of hydrogen-bond acceptors (Lipinski definition) is 2. The fourth-order valence-electron chi connectivity index (χ4n) is 2.81. The fraction of sp³-hybridized carbons (Fsp3) is 0.625. The van der Waals surface area contributed by atoms with E-state index in [1.165, 1.54) is 11.1 Å². The molecule has 1 fully saturated rings. The van der Waals surface area contributed by atoms with Crippen LogP contribution in [0, 0.1) is 0 Å². The molecule has 1 aliphatic heterocycles. The highest BCUT2D eigenvalue weighted by atomic mass is 16.3. The zero-order chi connectivity index (χ0) is 13.2. The van der Waals surface area contributed by atoms with Crippen molar-refractivity contribution in [3.63, 3.8) is 0 Å². The molecular weight excluding hydrogens is 222 g/mol. The van der Waals surface area contributed by atoms with Gasteiger partial charge in [-0.25, -0.2) is 0 Å². The van der Waals surface area contributed by atoms with Gasteiger partial charge in [0.1, 0.15) is 0 Å². The Kier molecular flexibility index (Phi) is 4.08. The van der Waals surface area contributed by atoms with Crippen LogP contribution in [0.5, 0.6) is 0 Å². The molecular formula is C16H25NO. The van der Waals surface area contributed by atoms with Crippen LogP contribution in [-0.2, 0) is 13.0 Å². The Balaban J connectivity index is 2.03. The number of aryl methyl sites for hydroxylation is 1. The van der Waals surface area contributed by atoms with E-state index >= 15 is 0 Å². The van der Waals surface area contributed by atoms with E-state index < -0.39 is 0 Å². The Bertz CT molecular complexity index is 383. The second-order valence-corrected chi connectivity index (χ2v) is 6.05. The number of hydrogen-bond donors (Lipinski definition) is 1. The molecule has 0 bridgehead atoms. The lowest BCUT2D eigenvalue weighted by molar-refractivity contribution is -0.00717. The highest BCUT2D eigenvalue weighted by molar-refractivity contribution is 5.22. The van der Waals surface area contributed by atoms with E-state index in [4.69, 9.17) is 0 Å². The van der Waals surface area contributed by atoms with Crippen LogP contribution in [-0.4, -0.2) is 28.2 Å². The maximum Gasteiger partial charge on any atom is 0.0569 e. The van der Waals surface area contributed by atoms with Gasteiger partial charge in [0.25, 0.3) is 0 Å². The van der Waals surface area contributed by atoms with Gasteiger partial charge in [-0.1, -0.05) is 31.2 Å². The maximum absolute atomic E-state index is 9.77. The largest absolute Gasteiger partial charge is 0.393 e. The van der Waals surface area contributed by atoms with Gasteiger partial charge in [-0.3, -0.25) is 4.90 Å². The van der Waals surface area contributed by atoms with Crippen molar-refractivity contribution >= 4 is 0 Å². The van der Waals surface area contributed by atoms with Crippen LogP contribution < -0.4 is 0 Å². The molecule has 1 atom stereocenters. The van der Waals surface area contributed by atoms with Gasteiger partial charge in [0.2, 0.25) is 0 Å². The average Bonchev–Trinajstić information content (AvgIpc) is 2.33. The van der Waals surface area contributed by atoms with Crippen molar-refractivity contribution in [2.45, 2.75) is 58.2 Å². The van der Waals surface area contributed by atoms with Gasteiger partial charge in [-0.05, 0) is 44.2 Å². The van der Waals surface area contributed by atoms with E-state index in [1.807, 2.05) is 0 Å². The summed E-state index contributed by atoms with van der Waals surface area (Å²) >= 11 is 0. The van der Waals surface area contributed by atoms with E-state index in [0.29, 0.717) is 0 Å². The third-order valence-corrected chi connectivity index (χ3v) is 4.13. The fourth-order valence-corrected chi connectivity index (χ4v) is 2.81. The first-order chi connectivity index (χ1) is 8.51. The highest BCUT2D eigenvalue weighted by Crippen LogP contribution is 2.29. The van der Waals surface area contributed by atoms with Gasteiger partial charge in [0.15, 0.2) is 0 Å². The molecule has 0 radical (unpaired) electrons. The minimum atomic E-state index is -0.126. The molecule has 18 heavy (non-hydrogen) atoms. The predicted molar refractivity (Wildman–Crippen MR) is 75.5 cm³/mol. The predicted octanol–water partition coefficient (Wildman–Crippen LogP) is 2.98. The van der Waals surface area contributed by atoms with Crippen LogP contribution in [0.15, 0.2) is 24.3 Å². The molecule has 2 rings (SSSR count). The average molecular weight is 247 g/mol. The first kappa shape index (κ1) is 13.6. The molecule has 2 heteroatoms. The van der Waals surface area contributed by atoms with E-state index in [9.17, 15) is 5.11 Å². The zero-order valence-corrected chi connectivity index (χ0v) is 11.8. The van der Waals surface area contributed by atoms with Gasteiger partial charge in [0.05, 0.1) is 6.10 Å². The number of rotatable bonds is 3. The van der Waals surface area contributed by atoms with Gasteiger partial charge in [-0.15, -0.1) is 0 Å². The van der Waals surface area contributed by atoms with Gasteiger partial charge in [0, 0.05) is 18.6 Å². The van der Waals surface area contributed by atoms with E-state index in [0.717, 1.165) is 32.4 Å². The SMILES string of the molecule is CCc1ccc(CN2CCC(O)CC2(C)C)cc1. The normalized spacial score (nSPS) is 24.1. The zero-order valence-electron chi connectivity index (χ0n) is 11.8. The van der Waals surface area contributed by atoms with E-state index in [2.05, 4.69) is 49.9 Å². The van der Waals surface area contributed by atoms with Crippen molar-refractivity contribution in [1.82, 2.24) is 4.90 Å². The lowest BCUT2D eigenvalue weighted by Crippen LogP contribution is -2.50. The molecule has 1 aromatic rings. The monoisotopic (exact) mass is 247 g/mol. The molecule has 0 spiro atoms. The standard InChI is InChI=1S/C16H25NO/c1-4-13-5-7-14(8-6-13)12-17-10-9-15(18)11-16(17,2)3/h5-8,15,18H,4,9-12H2,1-3H3. The van der Waals surface area contributed by atoms with Crippen LogP contribution in [0.4, 0.5) is 0 Å². The molecule has 1 aromatic carbocycles. The molecule has 1 aliphatic rings. The highest BCUT2D eigenvalue weighted by Gasteiger charge is 2.33. The van der Waals surface area contributed by atoms with Crippen molar-refractivity contribution in [2.24, 2.45) is 0 Å². The van der Waals surface area contributed by atoms with Crippen molar-refractivity contribution in [2.75, 3.05) is 6.54 Å². The van der Waals surface area contributed by atoms with Crippen molar-refractivity contribution in [3.8, 4) is 0 Å². The summed E-state index contributed by atoms with van der Waals surface area (Å²) in [6.07, 6.45) is 2.75. The van der Waals surface area contributed by atoms with Crippen LogP contribution in [0.1, 0.15) is 44.7 Å². The summed E-state index contributed by atoms with van der Waals surface area (Å²) < 4.78 is 0. The number of likely N-dealkylation sites (tertiary alicyclic amines) is 1. The molecule has 1 saturated heterocycles. The van der Waals surface area contributed by atoms with Crippen LogP contribution in [0.3, 0.4) is 0 Å². The smallest absolute Gasteiger partial charge is 0.0569 e. The van der Waals surface area contributed by atoms with E-state index in [-0.39, 0.29) is 11.6 Å². The van der Waals surface area contributed by atoms with E-state index in [1.54, 1.807) is 0 Å². The lowest BCUT2D eigenvalue weighted by atomic mass is 9.88. The Labute approximate surface area is 111 Å². The third kappa shape index (κ3) is 3.12. The van der Waals surface area contributed by atoms with Gasteiger partial charge in [-0.2, -0.15) is 0 Å². The summed E-state index contributed by atoms with van der Waals surface area (Å²) in [5.74, 6) is 0. The molecule has 0 saturated carbocycles. The van der Waals surface area contributed by atoms with Crippen LogP contribution in [0.25, 0.3) is 0 Å². The molecule has 0 aliphatic carbocycles. The molecule has 0 aromatic heterocycles. The Morgan fingerprint density at radius 1 is 1.22 bits per heavy atom. The second kappa shape index (κ2) is 5.41. The quantitative estimate of drug-likeness (QED) is 0.887. The number of aliphatic hydroxyl groups is 1. The number of aliphatic hydroxyl groups excluding tert-OH is 1. The molecule has 1 heterocycles. The minimum Gasteiger partial charge on any atom is -0.393 e. The Hall–Kier alpha value is -0.860. The Morgan fingerprint density at radius 3 is 2.39 bits per heavy atom. The number of piperidine rings is 1. The molecule has 2 nitrogen and oxygen atoms in total. The van der Waals surface area contributed by atoms with Gasteiger partial charge < -0.3 is 5.11 Å². The maximum atomic E-state index is 9.77. The van der Waals surface area contributed by atoms with Crippen molar-refractivity contribution < 1.29 is 5.11 Å². The third-order valence-electron chi connectivity index (χ3n) is 4.13. The van der Waals surface area contributed by atoms with Crippen molar-refractivity contribution in [1.29, 1.82) is 0 Å². The number of benzene rings is 1. The molecule has 1 N–H and O–H groups in total. The summed E-state index contributed by atoms with van der Waals surface area (Å²) in [4.78, 5) is 2.49. The minimum absolute atomic E-state index is 0.0983. The second-order valence-electron chi connectivity index (χ2n) is 6.05. The molecule has 100 valence electrons. The first-order valence-corrected chi connectivity index (χ1v) is 7.02. The summed E-state index contributed by atoms with van der Waals surface area (Å²) in [7, 11) is 0. The van der Waals surface area contributed by atoms with Crippen LogP contribution >= 0.6 is 0 Å². The summed E-state index contributed by atoms with van der Waals surface area (Å²) in [5, 5.41) is 9.77. The molecule has 0 amide bonds. The first-order valence-electron chi connectivity index (χ1n) is 7.02. The van der Waals surface area contributed by atoms with Crippen molar-refractivity contribution in [3.05, 3.63) is 35.4 Å². The lowest BCUT2D eigenvalue weighted by Gasteiger charge is -2.44. The summed E-state index contributed by atoms with van der Waals surface area (Å²) in [6, 6.07) is 8.92. The molecule has 1 unspecified atom stereocenters. The summed E-state index contributed by atoms with van der Waals surface area (Å²) in [6.45, 7) is 8.63. The topological polar surface area (TPSA) is 23.5 Å². The van der Waals surface area contributed by atoms with Crippen LogP contribution in [0.2, 0.25) is 0 Å². The van der Waals surface area contributed by atoms with Gasteiger partial charge >= 0.3 is 0 Å². The number of nitrogens with zero attached hydrogens (tertiary/aromatic N) is 1.